The minimum atomic E-state index is -0.381. The van der Waals surface area contributed by atoms with Gasteiger partial charge in [-0.2, -0.15) is 0 Å². The SMILES string of the molecule is CCCCc1ccc(N2C(=O)C(Nc3cc(C)ccc3OC)=C(c3ccc(C)c(C)c3)C2=O)cc1. The number of carbonyl (C=O) groups is 2. The molecule has 1 aliphatic rings. The number of anilines is 2. The summed E-state index contributed by atoms with van der Waals surface area (Å²) in [7, 11) is 1.59. The van der Waals surface area contributed by atoms with Gasteiger partial charge in [0.1, 0.15) is 11.4 Å². The average Bonchev–Trinajstić information content (AvgIpc) is 3.09. The Bertz CT molecular complexity index is 1310. The highest BCUT2D eigenvalue weighted by molar-refractivity contribution is 6.46. The first-order valence-electron chi connectivity index (χ1n) is 12.0. The number of amides is 2. The number of imide groups is 1. The van der Waals surface area contributed by atoms with E-state index in [0.717, 1.165) is 36.0 Å². The summed E-state index contributed by atoms with van der Waals surface area (Å²) in [5.41, 5.74) is 6.91. The van der Waals surface area contributed by atoms with Crippen molar-refractivity contribution in [2.75, 3.05) is 17.3 Å². The summed E-state index contributed by atoms with van der Waals surface area (Å²) in [6.45, 7) is 8.16. The predicted octanol–water partition coefficient (Wildman–Crippen LogP) is 6.36. The highest BCUT2D eigenvalue weighted by atomic mass is 16.5. The Morgan fingerprint density at radius 2 is 1.60 bits per heavy atom. The van der Waals surface area contributed by atoms with Crippen molar-refractivity contribution in [3.8, 4) is 5.75 Å². The third kappa shape index (κ3) is 4.85. The lowest BCUT2D eigenvalue weighted by Gasteiger charge is -2.16. The molecule has 5 nitrogen and oxygen atoms in total. The monoisotopic (exact) mass is 468 g/mol. The molecule has 5 heteroatoms. The molecule has 0 fully saturated rings. The van der Waals surface area contributed by atoms with Crippen molar-refractivity contribution in [3.63, 3.8) is 0 Å². The van der Waals surface area contributed by atoms with Gasteiger partial charge in [0.25, 0.3) is 11.8 Å². The number of hydrogen-bond acceptors (Lipinski definition) is 4. The Morgan fingerprint density at radius 3 is 2.26 bits per heavy atom. The lowest BCUT2D eigenvalue weighted by Crippen LogP contribution is -2.32. The molecule has 0 aliphatic carbocycles. The first-order chi connectivity index (χ1) is 16.8. The zero-order valence-corrected chi connectivity index (χ0v) is 21.1. The van der Waals surface area contributed by atoms with Gasteiger partial charge in [0.15, 0.2) is 0 Å². The van der Waals surface area contributed by atoms with E-state index in [2.05, 4.69) is 12.2 Å². The predicted molar refractivity (Wildman–Crippen MR) is 142 cm³/mol. The van der Waals surface area contributed by atoms with E-state index in [4.69, 9.17) is 4.74 Å². The van der Waals surface area contributed by atoms with Crippen LogP contribution in [0, 0.1) is 20.8 Å². The molecule has 1 heterocycles. The standard InChI is InChI=1S/C30H32N2O3/c1-6-7-8-22-11-14-24(15-12-22)32-29(33)27(23-13-10-20(3)21(4)18-23)28(30(32)34)31-25-17-19(2)9-16-26(25)35-5/h9-18,31H,6-8H2,1-5H3. The van der Waals surface area contributed by atoms with Gasteiger partial charge in [0.05, 0.1) is 24.1 Å². The molecule has 0 bridgehead atoms. The van der Waals surface area contributed by atoms with Crippen molar-refractivity contribution in [3.05, 3.63) is 94.2 Å². The van der Waals surface area contributed by atoms with Gasteiger partial charge in [0, 0.05) is 0 Å². The normalized spacial score (nSPS) is 13.6. The van der Waals surface area contributed by atoms with Crippen LogP contribution in [0.15, 0.2) is 66.4 Å². The molecule has 3 aromatic rings. The first kappa shape index (κ1) is 24.3. The van der Waals surface area contributed by atoms with Crippen LogP contribution in [0.3, 0.4) is 0 Å². The maximum atomic E-state index is 13.8. The highest BCUT2D eigenvalue weighted by Crippen LogP contribution is 2.36. The van der Waals surface area contributed by atoms with Crippen LogP contribution in [0.4, 0.5) is 11.4 Å². The number of nitrogens with one attached hydrogen (secondary N) is 1. The Labute approximate surface area is 207 Å². The van der Waals surface area contributed by atoms with Crippen LogP contribution in [0.2, 0.25) is 0 Å². The minimum absolute atomic E-state index is 0.247. The number of aryl methyl sites for hydroxylation is 4. The number of methoxy groups -OCH3 is 1. The maximum absolute atomic E-state index is 13.8. The maximum Gasteiger partial charge on any atom is 0.282 e. The summed E-state index contributed by atoms with van der Waals surface area (Å²) < 4.78 is 5.51. The van der Waals surface area contributed by atoms with Gasteiger partial charge in [-0.05, 0) is 85.7 Å². The van der Waals surface area contributed by atoms with E-state index < -0.39 is 0 Å². The van der Waals surface area contributed by atoms with Crippen LogP contribution in [0.1, 0.15) is 47.6 Å². The smallest absolute Gasteiger partial charge is 0.282 e. The topological polar surface area (TPSA) is 58.6 Å². The molecule has 180 valence electrons. The number of benzene rings is 3. The molecule has 35 heavy (non-hydrogen) atoms. The van der Waals surface area contributed by atoms with Crippen molar-refractivity contribution in [1.82, 2.24) is 0 Å². The summed E-state index contributed by atoms with van der Waals surface area (Å²) in [5, 5.41) is 3.25. The number of unbranched alkanes of at least 4 members (excludes halogenated alkanes) is 1. The molecule has 0 aromatic heterocycles. The van der Waals surface area contributed by atoms with Crippen LogP contribution < -0.4 is 15.0 Å². The van der Waals surface area contributed by atoms with Gasteiger partial charge >= 0.3 is 0 Å². The summed E-state index contributed by atoms with van der Waals surface area (Å²) >= 11 is 0. The van der Waals surface area contributed by atoms with E-state index in [0.29, 0.717) is 28.3 Å². The Hall–Kier alpha value is -3.86. The fourth-order valence-corrected chi connectivity index (χ4v) is 4.29. The van der Waals surface area contributed by atoms with Crippen molar-refractivity contribution < 1.29 is 14.3 Å². The fourth-order valence-electron chi connectivity index (χ4n) is 4.29. The van der Waals surface area contributed by atoms with E-state index in [1.807, 2.05) is 81.4 Å². The molecular formula is C30H32N2O3. The second kappa shape index (κ2) is 10.2. The van der Waals surface area contributed by atoms with E-state index >= 15 is 0 Å². The zero-order valence-electron chi connectivity index (χ0n) is 21.1. The molecule has 1 aliphatic heterocycles. The van der Waals surface area contributed by atoms with Gasteiger partial charge in [-0.1, -0.05) is 49.7 Å². The average molecular weight is 469 g/mol. The highest BCUT2D eigenvalue weighted by Gasteiger charge is 2.40. The van der Waals surface area contributed by atoms with E-state index in [9.17, 15) is 9.59 Å². The second-order valence-electron chi connectivity index (χ2n) is 9.09. The molecule has 0 radical (unpaired) electrons. The molecule has 0 saturated carbocycles. The molecule has 0 unspecified atom stereocenters. The summed E-state index contributed by atoms with van der Waals surface area (Å²) in [5.74, 6) is -0.122. The Morgan fingerprint density at radius 1 is 0.857 bits per heavy atom. The number of nitrogens with zero attached hydrogens (tertiary/aromatic N) is 1. The van der Waals surface area contributed by atoms with E-state index in [-0.39, 0.29) is 17.5 Å². The minimum Gasteiger partial charge on any atom is -0.495 e. The lowest BCUT2D eigenvalue weighted by atomic mass is 9.99. The van der Waals surface area contributed by atoms with Gasteiger partial charge < -0.3 is 10.1 Å². The third-order valence-electron chi connectivity index (χ3n) is 6.51. The molecule has 3 aromatic carbocycles. The van der Waals surface area contributed by atoms with Crippen LogP contribution in [-0.2, 0) is 16.0 Å². The van der Waals surface area contributed by atoms with Crippen molar-refractivity contribution >= 4 is 28.8 Å². The largest absolute Gasteiger partial charge is 0.495 e. The Balaban J connectivity index is 1.79. The second-order valence-corrected chi connectivity index (χ2v) is 9.09. The third-order valence-corrected chi connectivity index (χ3v) is 6.51. The van der Waals surface area contributed by atoms with Gasteiger partial charge in [-0.25, -0.2) is 4.90 Å². The molecular weight excluding hydrogens is 436 g/mol. The van der Waals surface area contributed by atoms with Crippen molar-refractivity contribution in [2.45, 2.75) is 47.0 Å². The summed E-state index contributed by atoms with van der Waals surface area (Å²) in [4.78, 5) is 28.8. The van der Waals surface area contributed by atoms with E-state index in [1.165, 1.54) is 10.5 Å². The number of carbonyl (C=O) groups excluding carboxylic acids is 2. The van der Waals surface area contributed by atoms with Crippen molar-refractivity contribution in [2.24, 2.45) is 0 Å². The number of ether oxygens (including phenoxy) is 1. The molecule has 1 N–H and O–H groups in total. The molecule has 4 rings (SSSR count). The molecule has 0 spiro atoms. The summed E-state index contributed by atoms with van der Waals surface area (Å²) in [6.07, 6.45) is 3.20. The first-order valence-corrected chi connectivity index (χ1v) is 12.0. The van der Waals surface area contributed by atoms with Gasteiger partial charge in [0.2, 0.25) is 0 Å². The van der Waals surface area contributed by atoms with Crippen LogP contribution in [0.25, 0.3) is 5.57 Å². The fraction of sp³-hybridized carbons (Fsp3) is 0.267. The number of hydrogen-bond donors (Lipinski definition) is 1. The van der Waals surface area contributed by atoms with Gasteiger partial charge in [-0.3, -0.25) is 9.59 Å². The van der Waals surface area contributed by atoms with Crippen molar-refractivity contribution in [1.29, 1.82) is 0 Å². The Kier molecular flexibility index (Phi) is 7.06. The van der Waals surface area contributed by atoms with Gasteiger partial charge in [-0.15, -0.1) is 0 Å². The molecule has 2 amide bonds. The zero-order chi connectivity index (χ0) is 25.1. The number of rotatable bonds is 8. The molecule has 0 atom stereocenters. The van der Waals surface area contributed by atoms with Crippen LogP contribution in [-0.4, -0.2) is 18.9 Å². The van der Waals surface area contributed by atoms with Crippen LogP contribution in [0.5, 0.6) is 5.75 Å². The van der Waals surface area contributed by atoms with Crippen LogP contribution >= 0.6 is 0 Å². The quantitative estimate of drug-likeness (QED) is 0.391. The summed E-state index contributed by atoms with van der Waals surface area (Å²) in [6, 6.07) is 19.2. The van der Waals surface area contributed by atoms with E-state index in [1.54, 1.807) is 7.11 Å². The molecule has 0 saturated heterocycles. The lowest BCUT2D eigenvalue weighted by molar-refractivity contribution is -0.120.